The molecule has 0 atom stereocenters. The molecule has 0 aliphatic rings. The molecular weight excluding hydrogens is 312 g/mol. The highest BCUT2D eigenvalue weighted by molar-refractivity contribution is 9.08. The summed E-state index contributed by atoms with van der Waals surface area (Å²) in [7, 11) is 0. The van der Waals surface area contributed by atoms with Crippen molar-refractivity contribution < 1.29 is 4.74 Å². The number of benzene rings is 2. The molecule has 2 aromatic carbocycles. The van der Waals surface area contributed by atoms with Crippen LogP contribution in [0.2, 0.25) is 5.02 Å². The molecule has 94 valence electrons. The van der Waals surface area contributed by atoms with Crippen LogP contribution in [0.4, 0.5) is 0 Å². The van der Waals surface area contributed by atoms with E-state index in [1.54, 1.807) is 0 Å². The lowest BCUT2D eigenvalue weighted by Crippen LogP contribution is -1.92. The quantitative estimate of drug-likeness (QED) is 0.663. The van der Waals surface area contributed by atoms with Crippen molar-refractivity contribution in [3.05, 3.63) is 58.1 Å². The third-order valence-electron chi connectivity index (χ3n) is 2.76. The molecule has 1 nitrogen and oxygen atoms in total. The molecule has 0 aromatic heterocycles. The van der Waals surface area contributed by atoms with Crippen LogP contribution < -0.4 is 4.74 Å². The Morgan fingerprint density at radius 3 is 2.56 bits per heavy atom. The Kier molecular flexibility index (Phi) is 4.31. The number of aryl methyl sites for hydroxylation is 2. The second-order valence-corrected chi connectivity index (χ2v) is 5.19. The van der Waals surface area contributed by atoms with Crippen LogP contribution in [-0.2, 0) is 5.33 Å². The molecule has 0 unspecified atom stereocenters. The van der Waals surface area contributed by atoms with Gasteiger partial charge in [0.1, 0.15) is 11.5 Å². The Morgan fingerprint density at radius 2 is 1.89 bits per heavy atom. The Labute approximate surface area is 121 Å². The highest BCUT2D eigenvalue weighted by Gasteiger charge is 2.09. The molecular formula is C15H14BrClO. The van der Waals surface area contributed by atoms with Crippen LogP contribution in [0.1, 0.15) is 16.7 Å². The van der Waals surface area contributed by atoms with Gasteiger partial charge in [0.15, 0.2) is 0 Å². The number of ether oxygens (including phenoxy) is 1. The normalized spacial score (nSPS) is 10.4. The zero-order valence-electron chi connectivity index (χ0n) is 10.3. The summed E-state index contributed by atoms with van der Waals surface area (Å²) in [5.74, 6) is 1.66. The van der Waals surface area contributed by atoms with E-state index in [4.69, 9.17) is 16.3 Å². The van der Waals surface area contributed by atoms with Crippen LogP contribution in [0.25, 0.3) is 0 Å². The van der Waals surface area contributed by atoms with Gasteiger partial charge in [0.05, 0.1) is 0 Å². The molecule has 2 aromatic rings. The summed E-state index contributed by atoms with van der Waals surface area (Å²) < 4.78 is 5.95. The summed E-state index contributed by atoms with van der Waals surface area (Å²) in [6, 6.07) is 11.8. The van der Waals surface area contributed by atoms with Gasteiger partial charge in [0.25, 0.3) is 0 Å². The molecule has 0 bridgehead atoms. The van der Waals surface area contributed by atoms with E-state index in [1.807, 2.05) is 37.3 Å². The van der Waals surface area contributed by atoms with E-state index in [1.165, 1.54) is 5.56 Å². The molecule has 0 fully saturated rings. The summed E-state index contributed by atoms with van der Waals surface area (Å²) in [6.45, 7) is 4.11. The smallest absolute Gasteiger partial charge is 0.132 e. The van der Waals surface area contributed by atoms with Crippen LogP contribution >= 0.6 is 27.5 Å². The summed E-state index contributed by atoms with van der Waals surface area (Å²) in [5, 5.41) is 1.39. The van der Waals surface area contributed by atoms with E-state index in [2.05, 4.69) is 28.9 Å². The Hall–Kier alpha value is -0.990. The predicted octanol–water partition coefficient (Wildman–Crippen LogP) is 5.64. The zero-order valence-corrected chi connectivity index (χ0v) is 12.7. The second kappa shape index (κ2) is 5.77. The van der Waals surface area contributed by atoms with Gasteiger partial charge in [-0.05, 0) is 37.6 Å². The largest absolute Gasteiger partial charge is 0.457 e. The monoisotopic (exact) mass is 324 g/mol. The van der Waals surface area contributed by atoms with Crippen molar-refractivity contribution in [1.29, 1.82) is 0 Å². The average Bonchev–Trinajstić information content (AvgIpc) is 2.33. The molecule has 2 rings (SSSR count). The van der Waals surface area contributed by atoms with E-state index < -0.39 is 0 Å². The van der Waals surface area contributed by atoms with Crippen molar-refractivity contribution in [2.75, 3.05) is 0 Å². The molecule has 0 amide bonds. The van der Waals surface area contributed by atoms with Gasteiger partial charge in [-0.15, -0.1) is 0 Å². The fourth-order valence-corrected chi connectivity index (χ4v) is 2.77. The molecule has 0 spiro atoms. The predicted molar refractivity (Wildman–Crippen MR) is 80.1 cm³/mol. The molecule has 0 N–H and O–H groups in total. The minimum atomic E-state index is 0.674. The van der Waals surface area contributed by atoms with Crippen LogP contribution in [0.5, 0.6) is 11.5 Å². The Balaban J connectivity index is 2.37. The fourth-order valence-electron chi connectivity index (χ4n) is 1.80. The van der Waals surface area contributed by atoms with Crippen molar-refractivity contribution in [3.8, 4) is 11.5 Å². The second-order valence-electron chi connectivity index (χ2n) is 4.22. The van der Waals surface area contributed by atoms with Gasteiger partial charge in [-0.3, -0.25) is 0 Å². The van der Waals surface area contributed by atoms with Gasteiger partial charge in [0.2, 0.25) is 0 Å². The highest BCUT2D eigenvalue weighted by atomic mass is 79.9. The third-order valence-corrected chi connectivity index (χ3v) is 3.67. The van der Waals surface area contributed by atoms with Crippen molar-refractivity contribution in [2.24, 2.45) is 0 Å². The molecule has 3 heteroatoms. The lowest BCUT2D eigenvalue weighted by molar-refractivity contribution is 0.475. The van der Waals surface area contributed by atoms with Crippen molar-refractivity contribution >= 4 is 27.5 Å². The Morgan fingerprint density at radius 1 is 1.11 bits per heavy atom. The standard InChI is InChI=1S/C15H14BrClO/c1-10-6-7-14(11(2)8-10)18-15-5-3-4-13(17)12(15)9-16/h3-8H,9H2,1-2H3. The van der Waals surface area contributed by atoms with Crippen LogP contribution in [0.15, 0.2) is 36.4 Å². The molecule has 0 saturated carbocycles. The van der Waals surface area contributed by atoms with E-state index in [-0.39, 0.29) is 0 Å². The van der Waals surface area contributed by atoms with Crippen molar-refractivity contribution in [1.82, 2.24) is 0 Å². The number of rotatable bonds is 3. The summed E-state index contributed by atoms with van der Waals surface area (Å²) in [5.41, 5.74) is 3.32. The first-order valence-corrected chi connectivity index (χ1v) is 7.20. The molecule has 0 radical (unpaired) electrons. The SMILES string of the molecule is Cc1ccc(Oc2cccc(Cl)c2CBr)c(C)c1. The lowest BCUT2D eigenvalue weighted by Gasteiger charge is -2.13. The maximum atomic E-state index is 6.15. The minimum absolute atomic E-state index is 0.674. The molecule has 0 heterocycles. The molecule has 18 heavy (non-hydrogen) atoms. The van der Waals surface area contributed by atoms with Crippen molar-refractivity contribution in [3.63, 3.8) is 0 Å². The van der Waals surface area contributed by atoms with Gasteiger partial charge < -0.3 is 4.74 Å². The first-order chi connectivity index (χ1) is 8.61. The van der Waals surface area contributed by atoms with Gasteiger partial charge in [-0.2, -0.15) is 0 Å². The summed E-state index contributed by atoms with van der Waals surface area (Å²) >= 11 is 9.59. The Bertz CT molecular complexity index is 566. The zero-order chi connectivity index (χ0) is 13.1. The molecule has 0 aliphatic heterocycles. The first kappa shape index (κ1) is 13.4. The van der Waals surface area contributed by atoms with E-state index >= 15 is 0 Å². The van der Waals surface area contributed by atoms with Gasteiger partial charge >= 0.3 is 0 Å². The van der Waals surface area contributed by atoms with Crippen LogP contribution in [0.3, 0.4) is 0 Å². The average molecular weight is 326 g/mol. The fraction of sp³-hybridized carbons (Fsp3) is 0.200. The highest BCUT2D eigenvalue weighted by Crippen LogP contribution is 2.33. The molecule has 0 aliphatic carbocycles. The maximum absolute atomic E-state index is 6.15. The summed E-state index contributed by atoms with van der Waals surface area (Å²) in [6.07, 6.45) is 0. The number of alkyl halides is 1. The third kappa shape index (κ3) is 2.88. The topological polar surface area (TPSA) is 9.23 Å². The van der Waals surface area contributed by atoms with Crippen LogP contribution in [-0.4, -0.2) is 0 Å². The lowest BCUT2D eigenvalue weighted by atomic mass is 10.1. The molecule has 0 saturated heterocycles. The first-order valence-electron chi connectivity index (χ1n) is 5.70. The number of hydrogen-bond donors (Lipinski definition) is 0. The number of halogens is 2. The minimum Gasteiger partial charge on any atom is -0.457 e. The van der Waals surface area contributed by atoms with E-state index in [0.717, 1.165) is 22.6 Å². The van der Waals surface area contributed by atoms with Gasteiger partial charge in [0, 0.05) is 15.9 Å². The summed E-state index contributed by atoms with van der Waals surface area (Å²) in [4.78, 5) is 0. The maximum Gasteiger partial charge on any atom is 0.132 e. The number of hydrogen-bond acceptors (Lipinski definition) is 1. The van der Waals surface area contributed by atoms with E-state index in [0.29, 0.717) is 10.4 Å². The van der Waals surface area contributed by atoms with Gasteiger partial charge in [-0.1, -0.05) is 51.3 Å². The van der Waals surface area contributed by atoms with Crippen LogP contribution in [0, 0.1) is 13.8 Å². The van der Waals surface area contributed by atoms with Crippen molar-refractivity contribution in [2.45, 2.75) is 19.2 Å². The van der Waals surface area contributed by atoms with E-state index in [9.17, 15) is 0 Å². The van der Waals surface area contributed by atoms with Gasteiger partial charge in [-0.25, -0.2) is 0 Å².